The Morgan fingerprint density at radius 2 is 1.87 bits per heavy atom. The lowest BCUT2D eigenvalue weighted by Crippen LogP contribution is -2.34. The van der Waals surface area contributed by atoms with Crippen LogP contribution in [0.3, 0.4) is 0 Å². The molecule has 1 aromatic heterocycles. The number of aromatic hydroxyl groups is 1. The third-order valence-electron chi connectivity index (χ3n) is 8.32. The number of aryl methyl sites for hydroxylation is 2. The van der Waals surface area contributed by atoms with E-state index in [9.17, 15) is 23.5 Å². The Labute approximate surface area is 277 Å². The highest BCUT2D eigenvalue weighted by Gasteiger charge is 2.33. The van der Waals surface area contributed by atoms with Crippen molar-refractivity contribution in [3.63, 3.8) is 0 Å². The number of phenolic OH excluding ortho intramolecular Hbond substituents is 1. The fourth-order valence-corrected chi connectivity index (χ4v) is 6.75. The first-order chi connectivity index (χ1) is 22.6. The second-order valence-corrected chi connectivity index (χ2v) is 12.8. The average molecular weight is 663 g/mol. The van der Waals surface area contributed by atoms with E-state index in [1.54, 1.807) is 18.1 Å². The summed E-state index contributed by atoms with van der Waals surface area (Å²) in [5, 5.41) is 19.5. The van der Waals surface area contributed by atoms with Crippen molar-refractivity contribution in [2.45, 2.75) is 64.5 Å². The molecule has 0 radical (unpaired) electrons. The number of likely N-dealkylation sites (tertiary alicyclic amines) is 1. The van der Waals surface area contributed by atoms with Crippen LogP contribution in [-0.2, 0) is 12.8 Å². The molecule has 5 rings (SSSR count). The Bertz CT molecular complexity index is 1710. The van der Waals surface area contributed by atoms with Gasteiger partial charge in [-0.05, 0) is 99.5 Å². The molecule has 47 heavy (non-hydrogen) atoms. The highest BCUT2D eigenvalue weighted by atomic mass is 32.1. The first-order valence-electron chi connectivity index (χ1n) is 15.8. The molecule has 4 aromatic rings. The maximum absolute atomic E-state index is 13.9. The van der Waals surface area contributed by atoms with Gasteiger partial charge in [-0.25, -0.2) is 13.8 Å². The molecule has 3 N–H and O–H groups in total. The van der Waals surface area contributed by atoms with Crippen LogP contribution in [0, 0.1) is 6.92 Å². The van der Waals surface area contributed by atoms with E-state index in [1.165, 1.54) is 23.5 Å². The number of nitrogens with one attached hydrogen (secondary N) is 2. The largest absolute Gasteiger partial charge is 0.506 e. The molecule has 2 heterocycles. The maximum Gasteiger partial charge on any atom is 0.263 e. The van der Waals surface area contributed by atoms with Gasteiger partial charge in [0.2, 0.25) is 0 Å². The van der Waals surface area contributed by atoms with Gasteiger partial charge >= 0.3 is 0 Å². The molecule has 8 nitrogen and oxygen atoms in total. The molecule has 1 aliphatic rings. The van der Waals surface area contributed by atoms with Crippen LogP contribution in [0.5, 0.6) is 11.5 Å². The summed E-state index contributed by atoms with van der Waals surface area (Å²) >= 11 is 1.48. The van der Waals surface area contributed by atoms with Crippen LogP contribution in [0.15, 0.2) is 66.0 Å². The zero-order chi connectivity index (χ0) is 33.5. The SMILES string of the molecule is COc1cccc(CCNc2ccc(CC[C@H](C)NC(=O)c3cc(C(=O)N4CCC[C@@H]4c4nc(C)cs4)cc(C(F)F)c3)cc2O)c1. The van der Waals surface area contributed by atoms with E-state index < -0.39 is 12.3 Å². The second-order valence-electron chi connectivity index (χ2n) is 11.9. The van der Waals surface area contributed by atoms with Crippen molar-refractivity contribution in [3.05, 3.63) is 105 Å². The van der Waals surface area contributed by atoms with Crippen LogP contribution in [0.2, 0.25) is 0 Å². The molecule has 1 saturated heterocycles. The number of aromatic nitrogens is 1. The van der Waals surface area contributed by atoms with Gasteiger partial charge in [-0.3, -0.25) is 9.59 Å². The zero-order valence-corrected chi connectivity index (χ0v) is 27.6. The minimum atomic E-state index is -2.84. The molecule has 1 aliphatic heterocycles. The van der Waals surface area contributed by atoms with Crippen molar-refractivity contribution < 1.29 is 28.2 Å². The first kappa shape index (κ1) is 33.8. The van der Waals surface area contributed by atoms with Gasteiger partial charge in [0, 0.05) is 46.9 Å². The fourth-order valence-electron chi connectivity index (χ4n) is 5.80. The Balaban J connectivity index is 1.17. The van der Waals surface area contributed by atoms with Crippen LogP contribution in [0.25, 0.3) is 0 Å². The minimum absolute atomic E-state index is 0.0147. The summed E-state index contributed by atoms with van der Waals surface area (Å²) in [4.78, 5) is 33.0. The Hall–Kier alpha value is -4.51. The number of ether oxygens (including phenoxy) is 1. The predicted molar refractivity (Wildman–Crippen MR) is 180 cm³/mol. The van der Waals surface area contributed by atoms with Gasteiger partial charge in [0.1, 0.15) is 16.5 Å². The molecule has 0 aliphatic carbocycles. The monoisotopic (exact) mass is 662 g/mol. The van der Waals surface area contributed by atoms with Crippen molar-refractivity contribution in [1.82, 2.24) is 15.2 Å². The third-order valence-corrected chi connectivity index (χ3v) is 9.38. The van der Waals surface area contributed by atoms with Crippen LogP contribution < -0.4 is 15.4 Å². The van der Waals surface area contributed by atoms with Gasteiger partial charge in [0.25, 0.3) is 18.2 Å². The van der Waals surface area contributed by atoms with Crippen LogP contribution in [0.4, 0.5) is 14.5 Å². The number of anilines is 1. The van der Waals surface area contributed by atoms with Gasteiger partial charge in [0.05, 0.1) is 18.8 Å². The quantitative estimate of drug-likeness (QED) is 0.128. The highest BCUT2D eigenvalue weighted by Crippen LogP contribution is 2.35. The number of hydrogen-bond acceptors (Lipinski definition) is 7. The Kier molecular flexibility index (Phi) is 11.1. The number of thiazole rings is 1. The second kappa shape index (κ2) is 15.4. The number of rotatable bonds is 13. The summed E-state index contributed by atoms with van der Waals surface area (Å²) in [7, 11) is 1.63. The number of carbonyl (C=O) groups is 2. The summed E-state index contributed by atoms with van der Waals surface area (Å²) in [6.45, 7) is 4.85. The Morgan fingerprint density at radius 1 is 1.09 bits per heavy atom. The van der Waals surface area contributed by atoms with Crippen LogP contribution in [0.1, 0.15) is 86.8 Å². The van der Waals surface area contributed by atoms with Crippen molar-refractivity contribution >= 4 is 28.8 Å². The Morgan fingerprint density at radius 3 is 2.60 bits per heavy atom. The van der Waals surface area contributed by atoms with Crippen molar-refractivity contribution in [2.75, 3.05) is 25.5 Å². The molecule has 0 spiro atoms. The van der Waals surface area contributed by atoms with E-state index in [4.69, 9.17) is 4.74 Å². The van der Waals surface area contributed by atoms with E-state index >= 15 is 0 Å². The van der Waals surface area contributed by atoms with Gasteiger partial charge in [-0.1, -0.05) is 18.2 Å². The summed E-state index contributed by atoms with van der Waals surface area (Å²) in [5.41, 5.74) is 3.22. The van der Waals surface area contributed by atoms with E-state index in [2.05, 4.69) is 15.6 Å². The number of alkyl halides is 2. The van der Waals surface area contributed by atoms with Crippen LogP contribution in [-0.4, -0.2) is 53.0 Å². The summed E-state index contributed by atoms with van der Waals surface area (Å²) in [6, 6.07) is 16.5. The van der Waals surface area contributed by atoms with E-state index in [0.717, 1.165) is 52.9 Å². The number of phenols is 1. The molecule has 11 heteroatoms. The standard InChI is InChI=1S/C36H40F2N4O4S/c1-22(9-10-25-11-12-30(32(43)17-25)39-14-13-24-6-4-7-29(16-24)46-3)40-34(44)27-18-26(33(37)38)19-28(20-27)36(45)42-15-5-8-31(42)35-41-23(2)21-47-35/h4,6-7,11-12,16-22,31,33,39,43H,5,8-10,13-15H2,1-3H3,(H,40,44)/t22-,31+/m0/s1. The van der Waals surface area contributed by atoms with Crippen molar-refractivity contribution in [1.29, 1.82) is 0 Å². The number of methoxy groups -OCH3 is 1. The zero-order valence-electron chi connectivity index (χ0n) is 26.8. The summed E-state index contributed by atoms with van der Waals surface area (Å²) in [5.74, 6) is 0.0235. The van der Waals surface area contributed by atoms with Crippen molar-refractivity contribution in [3.8, 4) is 11.5 Å². The van der Waals surface area contributed by atoms with E-state index in [1.807, 2.05) is 55.6 Å². The van der Waals surface area contributed by atoms with Gasteiger partial charge in [0.15, 0.2) is 0 Å². The number of benzene rings is 3. The topological polar surface area (TPSA) is 104 Å². The van der Waals surface area contributed by atoms with E-state index in [0.29, 0.717) is 31.6 Å². The first-order valence-corrected chi connectivity index (χ1v) is 16.6. The molecule has 248 valence electrons. The molecule has 0 saturated carbocycles. The molecule has 2 atom stereocenters. The average Bonchev–Trinajstić information content (AvgIpc) is 3.73. The molecular formula is C36H40F2N4O4S. The number of amides is 2. The number of halogens is 2. The van der Waals surface area contributed by atoms with Crippen molar-refractivity contribution in [2.24, 2.45) is 0 Å². The molecule has 1 fully saturated rings. The lowest BCUT2D eigenvalue weighted by Gasteiger charge is -2.24. The normalized spacial score (nSPS) is 15.1. The molecular weight excluding hydrogens is 622 g/mol. The van der Waals surface area contributed by atoms with Gasteiger partial charge < -0.3 is 25.4 Å². The maximum atomic E-state index is 13.9. The molecule has 0 bridgehead atoms. The van der Waals surface area contributed by atoms with Gasteiger partial charge in [-0.2, -0.15) is 0 Å². The fraction of sp³-hybridized carbons (Fsp3) is 0.361. The van der Waals surface area contributed by atoms with Crippen LogP contribution >= 0.6 is 11.3 Å². The molecule has 3 aromatic carbocycles. The smallest absolute Gasteiger partial charge is 0.263 e. The molecule has 2 amide bonds. The third kappa shape index (κ3) is 8.65. The highest BCUT2D eigenvalue weighted by molar-refractivity contribution is 7.09. The predicted octanol–water partition coefficient (Wildman–Crippen LogP) is 7.49. The lowest BCUT2D eigenvalue weighted by atomic mass is 10.0. The number of hydrogen-bond donors (Lipinski definition) is 3. The summed E-state index contributed by atoms with van der Waals surface area (Å²) in [6.07, 6.45) is 0.587. The van der Waals surface area contributed by atoms with Gasteiger partial charge in [-0.15, -0.1) is 11.3 Å². The summed E-state index contributed by atoms with van der Waals surface area (Å²) < 4.78 is 33.0. The molecule has 0 unspecified atom stereocenters. The van der Waals surface area contributed by atoms with E-state index in [-0.39, 0.29) is 40.4 Å². The number of nitrogens with zero attached hydrogens (tertiary/aromatic N) is 2. The number of carbonyl (C=O) groups excluding carboxylic acids is 2. The lowest BCUT2D eigenvalue weighted by molar-refractivity contribution is 0.0735. The minimum Gasteiger partial charge on any atom is -0.506 e.